The number of allylic oxidation sites excluding steroid dienone is 2. The van der Waals surface area contributed by atoms with Crippen LogP contribution in [0.25, 0.3) is 0 Å². The number of rotatable bonds is 10. The molecule has 2 aromatic rings. The Morgan fingerprint density at radius 3 is 1.45 bits per heavy atom. The summed E-state index contributed by atoms with van der Waals surface area (Å²) >= 11 is 0. The summed E-state index contributed by atoms with van der Waals surface area (Å²) in [6.07, 6.45) is 2.65. The van der Waals surface area contributed by atoms with Gasteiger partial charge in [0.15, 0.2) is 0 Å². The van der Waals surface area contributed by atoms with Gasteiger partial charge in [0.2, 0.25) is 0 Å². The van der Waals surface area contributed by atoms with Gasteiger partial charge in [-0.25, -0.2) is 0 Å². The molecule has 0 aromatic heterocycles. The van der Waals surface area contributed by atoms with E-state index in [1.54, 1.807) is 13.8 Å². The lowest BCUT2D eigenvalue weighted by atomic mass is 9.96. The van der Waals surface area contributed by atoms with Crippen LogP contribution >= 0.6 is 0 Å². The van der Waals surface area contributed by atoms with Crippen molar-refractivity contribution in [2.75, 3.05) is 0 Å². The van der Waals surface area contributed by atoms with Gasteiger partial charge >= 0.3 is 11.9 Å². The first-order chi connectivity index (χ1) is 14.7. The zero-order valence-corrected chi connectivity index (χ0v) is 19.0. The molecule has 0 amide bonds. The van der Waals surface area contributed by atoms with Crippen LogP contribution in [0.1, 0.15) is 62.8 Å². The molecule has 0 N–H and O–H groups in total. The lowest BCUT2D eigenvalue weighted by Crippen LogP contribution is -2.08. The van der Waals surface area contributed by atoms with Crippen molar-refractivity contribution in [3.8, 4) is 11.5 Å². The van der Waals surface area contributed by atoms with Gasteiger partial charge in [0, 0.05) is 12.8 Å². The van der Waals surface area contributed by atoms with E-state index in [0.717, 1.165) is 33.4 Å². The Hall–Kier alpha value is -3.14. The Morgan fingerprint density at radius 2 is 1.13 bits per heavy atom. The first-order valence-corrected chi connectivity index (χ1v) is 10.7. The molecule has 2 rings (SSSR count). The van der Waals surface area contributed by atoms with Gasteiger partial charge < -0.3 is 9.47 Å². The number of ether oxygens (including phenoxy) is 2. The normalized spacial score (nSPS) is 10.5. The molecule has 0 saturated carbocycles. The number of hydrogen-bond acceptors (Lipinski definition) is 4. The van der Waals surface area contributed by atoms with Crippen LogP contribution < -0.4 is 9.47 Å². The second-order valence-electron chi connectivity index (χ2n) is 7.98. The van der Waals surface area contributed by atoms with E-state index in [1.807, 2.05) is 38.1 Å². The zero-order chi connectivity index (χ0) is 23.0. The van der Waals surface area contributed by atoms with Gasteiger partial charge in [-0.2, -0.15) is 0 Å². The van der Waals surface area contributed by atoms with Gasteiger partial charge in [-0.1, -0.05) is 62.4 Å². The van der Waals surface area contributed by atoms with Gasteiger partial charge in [-0.3, -0.25) is 9.59 Å². The van der Waals surface area contributed by atoms with E-state index in [1.165, 1.54) is 0 Å². The Balaban J connectivity index is 2.33. The van der Waals surface area contributed by atoms with Crippen LogP contribution in [0.3, 0.4) is 0 Å². The summed E-state index contributed by atoms with van der Waals surface area (Å²) in [5.74, 6) is 0.668. The van der Waals surface area contributed by atoms with Crippen LogP contribution in [0.2, 0.25) is 0 Å². The van der Waals surface area contributed by atoms with E-state index in [-0.39, 0.29) is 11.9 Å². The molecule has 2 aromatic carbocycles. The highest BCUT2D eigenvalue weighted by molar-refractivity contribution is 5.73. The minimum Gasteiger partial charge on any atom is -0.426 e. The van der Waals surface area contributed by atoms with Crippen LogP contribution in [0, 0.1) is 0 Å². The minimum atomic E-state index is -0.252. The van der Waals surface area contributed by atoms with Crippen molar-refractivity contribution in [2.24, 2.45) is 0 Å². The van der Waals surface area contributed by atoms with Gasteiger partial charge in [0.1, 0.15) is 11.5 Å². The van der Waals surface area contributed by atoms with Crippen LogP contribution in [0.5, 0.6) is 11.5 Å². The molecule has 0 atom stereocenters. The SMILES string of the molecule is C=C(C)Cc1cc(Cc2ccc(OC(=O)CC)c(CC(=C)C)c2)ccc1OC(=O)CC. The third-order valence-electron chi connectivity index (χ3n) is 4.67. The summed E-state index contributed by atoms with van der Waals surface area (Å²) in [7, 11) is 0. The summed E-state index contributed by atoms with van der Waals surface area (Å²) in [5, 5.41) is 0. The highest BCUT2D eigenvalue weighted by Crippen LogP contribution is 2.27. The molecule has 0 heterocycles. The van der Waals surface area contributed by atoms with Crippen LogP contribution in [-0.2, 0) is 28.9 Å². The molecule has 0 aliphatic heterocycles. The molecular formula is C27H32O4. The highest BCUT2D eigenvalue weighted by Gasteiger charge is 2.12. The van der Waals surface area contributed by atoms with Gasteiger partial charge in [0.25, 0.3) is 0 Å². The predicted molar refractivity (Wildman–Crippen MR) is 125 cm³/mol. The largest absolute Gasteiger partial charge is 0.426 e. The number of carbonyl (C=O) groups is 2. The van der Waals surface area contributed by atoms with E-state index < -0.39 is 0 Å². The molecule has 164 valence electrons. The van der Waals surface area contributed by atoms with E-state index >= 15 is 0 Å². The fraction of sp³-hybridized carbons (Fsp3) is 0.333. The maximum Gasteiger partial charge on any atom is 0.310 e. The molecule has 0 aliphatic carbocycles. The topological polar surface area (TPSA) is 52.6 Å². The van der Waals surface area contributed by atoms with Crippen molar-refractivity contribution in [3.05, 3.63) is 83.0 Å². The molecule has 31 heavy (non-hydrogen) atoms. The Kier molecular flexibility index (Phi) is 8.80. The summed E-state index contributed by atoms with van der Waals surface area (Å²) < 4.78 is 11.0. The summed E-state index contributed by atoms with van der Waals surface area (Å²) in [4.78, 5) is 23.5. The fourth-order valence-electron chi connectivity index (χ4n) is 3.24. The highest BCUT2D eigenvalue weighted by atomic mass is 16.5. The monoisotopic (exact) mass is 420 g/mol. The van der Waals surface area contributed by atoms with Crippen molar-refractivity contribution in [2.45, 2.75) is 59.8 Å². The molecule has 0 aliphatic rings. The standard InChI is InChI=1S/C27H32O4/c1-7-26(28)30-24-11-9-20(16-22(24)13-18(3)4)15-21-10-12-25(31-27(29)8-2)23(17-21)14-19(5)6/h9-12,16-17H,3,5,7-8,13-15H2,1-2,4,6H3. The second kappa shape index (κ2) is 11.3. The summed E-state index contributed by atoms with van der Waals surface area (Å²) in [6.45, 7) is 15.5. The van der Waals surface area contributed by atoms with Gasteiger partial charge in [0.05, 0.1) is 0 Å². The van der Waals surface area contributed by atoms with Crippen LogP contribution in [0.15, 0.2) is 60.7 Å². The molecule has 0 spiro atoms. The number of hydrogen-bond donors (Lipinski definition) is 0. The quantitative estimate of drug-likeness (QED) is 0.263. The first kappa shape index (κ1) is 24.1. The average molecular weight is 421 g/mol. The Bertz CT molecular complexity index is 905. The average Bonchev–Trinajstić information content (AvgIpc) is 2.70. The lowest BCUT2D eigenvalue weighted by Gasteiger charge is -2.14. The van der Waals surface area contributed by atoms with E-state index in [2.05, 4.69) is 25.3 Å². The number of benzene rings is 2. The molecule has 0 saturated heterocycles. The van der Waals surface area contributed by atoms with E-state index in [9.17, 15) is 9.59 Å². The van der Waals surface area contributed by atoms with Crippen LogP contribution in [-0.4, -0.2) is 11.9 Å². The predicted octanol–water partition coefficient (Wildman–Crippen LogP) is 6.15. The summed E-state index contributed by atoms with van der Waals surface area (Å²) in [5.41, 5.74) is 6.10. The number of esters is 2. The van der Waals surface area contributed by atoms with Crippen molar-refractivity contribution >= 4 is 11.9 Å². The molecule has 4 nitrogen and oxygen atoms in total. The van der Waals surface area contributed by atoms with Crippen molar-refractivity contribution in [1.82, 2.24) is 0 Å². The van der Waals surface area contributed by atoms with Gasteiger partial charge in [-0.05, 0) is 67.5 Å². The smallest absolute Gasteiger partial charge is 0.310 e. The minimum absolute atomic E-state index is 0.252. The number of carbonyl (C=O) groups excluding carboxylic acids is 2. The van der Waals surface area contributed by atoms with Crippen molar-refractivity contribution in [3.63, 3.8) is 0 Å². The second-order valence-corrected chi connectivity index (χ2v) is 7.98. The molecule has 0 unspecified atom stereocenters. The third kappa shape index (κ3) is 7.56. The lowest BCUT2D eigenvalue weighted by molar-refractivity contribution is -0.135. The molecule has 0 bridgehead atoms. The maximum absolute atomic E-state index is 11.8. The molecule has 4 heteroatoms. The fourth-order valence-corrected chi connectivity index (χ4v) is 3.24. The van der Waals surface area contributed by atoms with Crippen molar-refractivity contribution in [1.29, 1.82) is 0 Å². The summed E-state index contributed by atoms with van der Waals surface area (Å²) in [6, 6.07) is 11.8. The first-order valence-electron chi connectivity index (χ1n) is 10.7. The van der Waals surface area contributed by atoms with Gasteiger partial charge in [-0.15, -0.1) is 0 Å². The van der Waals surface area contributed by atoms with Crippen molar-refractivity contribution < 1.29 is 19.1 Å². The molecule has 0 fully saturated rings. The Labute approximate surface area is 185 Å². The van der Waals surface area contributed by atoms with E-state index in [0.29, 0.717) is 43.6 Å². The third-order valence-corrected chi connectivity index (χ3v) is 4.67. The molecule has 0 radical (unpaired) electrons. The molecular weight excluding hydrogens is 388 g/mol. The Morgan fingerprint density at radius 1 is 0.742 bits per heavy atom. The zero-order valence-electron chi connectivity index (χ0n) is 19.0. The maximum atomic E-state index is 11.8. The van der Waals surface area contributed by atoms with Crippen LogP contribution in [0.4, 0.5) is 0 Å². The van der Waals surface area contributed by atoms with E-state index in [4.69, 9.17) is 9.47 Å².